The van der Waals surface area contributed by atoms with Gasteiger partial charge in [0.1, 0.15) is 5.75 Å². The first-order valence-electron chi connectivity index (χ1n) is 8.79. The van der Waals surface area contributed by atoms with Gasteiger partial charge in [-0.25, -0.2) is 8.42 Å². The van der Waals surface area contributed by atoms with E-state index >= 15 is 0 Å². The lowest BCUT2D eigenvalue weighted by Gasteiger charge is -2.19. The summed E-state index contributed by atoms with van der Waals surface area (Å²) in [6.07, 6.45) is 0. The number of nitrogens with two attached hydrogens (primary N) is 1. The third-order valence-electron chi connectivity index (χ3n) is 5.25. The number of ether oxygens (including phenoxy) is 1. The average molecular weight is 411 g/mol. The first-order valence-corrected chi connectivity index (χ1v) is 10.2. The Labute approximate surface area is 168 Å². The second-order valence-corrected chi connectivity index (χ2v) is 8.83. The van der Waals surface area contributed by atoms with E-state index in [1.807, 2.05) is 37.3 Å². The van der Waals surface area contributed by atoms with Gasteiger partial charge in [0, 0.05) is 19.0 Å². The third kappa shape index (κ3) is 4.14. The third-order valence-corrected chi connectivity index (χ3v) is 7.22. The van der Waals surface area contributed by atoms with Gasteiger partial charge in [-0.3, -0.25) is 0 Å². The normalized spacial score (nSPS) is 20.3. The van der Waals surface area contributed by atoms with E-state index in [4.69, 9.17) is 10.5 Å². The molecule has 1 aliphatic heterocycles. The van der Waals surface area contributed by atoms with Crippen LogP contribution in [0, 0.1) is 19.8 Å². The largest absolute Gasteiger partial charge is 0.496 e. The van der Waals surface area contributed by atoms with Crippen molar-refractivity contribution in [2.45, 2.75) is 24.7 Å². The Balaban J connectivity index is 0.00000261. The molecule has 2 aromatic carbocycles. The fourth-order valence-corrected chi connectivity index (χ4v) is 5.56. The second kappa shape index (κ2) is 8.61. The molecule has 2 N–H and O–H groups in total. The molecule has 7 heteroatoms. The van der Waals surface area contributed by atoms with Crippen molar-refractivity contribution in [3.05, 3.63) is 59.2 Å². The molecule has 0 saturated carbocycles. The SMILES string of the molecule is COc1cc(C)c(S(=O)(=O)N2C[C@@H](CN)[C@H](c3ccccc3)C2)cc1C.Cl. The minimum Gasteiger partial charge on any atom is -0.496 e. The van der Waals surface area contributed by atoms with Crippen molar-refractivity contribution in [1.29, 1.82) is 0 Å². The van der Waals surface area contributed by atoms with Crippen LogP contribution in [0.1, 0.15) is 22.6 Å². The molecule has 2 aromatic rings. The van der Waals surface area contributed by atoms with Gasteiger partial charge < -0.3 is 10.5 Å². The lowest BCUT2D eigenvalue weighted by atomic mass is 9.89. The Bertz CT molecular complexity index is 888. The predicted octanol–water partition coefficient (Wildman–Crippen LogP) is 3.10. The fourth-order valence-electron chi connectivity index (χ4n) is 3.74. The fraction of sp³-hybridized carbons (Fsp3) is 0.400. The number of nitrogens with zero attached hydrogens (tertiary/aromatic N) is 1. The van der Waals surface area contributed by atoms with Crippen molar-refractivity contribution in [2.24, 2.45) is 11.7 Å². The molecule has 148 valence electrons. The number of hydrogen-bond acceptors (Lipinski definition) is 4. The van der Waals surface area contributed by atoms with E-state index in [0.717, 1.165) is 11.1 Å². The van der Waals surface area contributed by atoms with Gasteiger partial charge in [0.15, 0.2) is 0 Å². The highest BCUT2D eigenvalue weighted by Gasteiger charge is 2.39. The summed E-state index contributed by atoms with van der Waals surface area (Å²) in [5, 5.41) is 0. The van der Waals surface area contributed by atoms with Crippen LogP contribution in [-0.2, 0) is 10.0 Å². The molecule has 0 radical (unpaired) electrons. The number of sulfonamides is 1. The van der Waals surface area contributed by atoms with E-state index in [9.17, 15) is 8.42 Å². The maximum absolute atomic E-state index is 13.3. The molecule has 0 aromatic heterocycles. The Kier molecular flexibility index (Phi) is 6.92. The van der Waals surface area contributed by atoms with Gasteiger partial charge in [-0.1, -0.05) is 30.3 Å². The number of aryl methyl sites for hydroxylation is 2. The van der Waals surface area contributed by atoms with Gasteiger partial charge in [0.05, 0.1) is 12.0 Å². The summed E-state index contributed by atoms with van der Waals surface area (Å²) in [6, 6.07) is 13.5. The molecule has 27 heavy (non-hydrogen) atoms. The molecule has 1 aliphatic rings. The molecular formula is C20H27ClN2O3S. The summed E-state index contributed by atoms with van der Waals surface area (Å²) < 4.78 is 33.5. The number of rotatable bonds is 5. The molecule has 3 rings (SSSR count). The lowest BCUT2D eigenvalue weighted by Crippen LogP contribution is -2.30. The number of hydrogen-bond donors (Lipinski definition) is 1. The molecule has 0 amide bonds. The van der Waals surface area contributed by atoms with Crippen LogP contribution >= 0.6 is 12.4 Å². The van der Waals surface area contributed by atoms with Crippen LogP contribution < -0.4 is 10.5 Å². The van der Waals surface area contributed by atoms with Crippen molar-refractivity contribution in [3.63, 3.8) is 0 Å². The summed E-state index contributed by atoms with van der Waals surface area (Å²) in [4.78, 5) is 0.347. The van der Waals surface area contributed by atoms with Crippen LogP contribution in [0.15, 0.2) is 47.4 Å². The van der Waals surface area contributed by atoms with Crippen LogP contribution in [0.3, 0.4) is 0 Å². The quantitative estimate of drug-likeness (QED) is 0.822. The highest BCUT2D eigenvalue weighted by atomic mass is 35.5. The molecule has 2 atom stereocenters. The van der Waals surface area contributed by atoms with E-state index < -0.39 is 10.0 Å². The first kappa shape index (κ1) is 21.7. The van der Waals surface area contributed by atoms with Crippen LogP contribution in [0.2, 0.25) is 0 Å². The number of halogens is 1. The van der Waals surface area contributed by atoms with Gasteiger partial charge in [-0.15, -0.1) is 12.4 Å². The maximum atomic E-state index is 13.3. The van der Waals surface area contributed by atoms with Gasteiger partial charge >= 0.3 is 0 Å². The van der Waals surface area contributed by atoms with Crippen molar-refractivity contribution >= 4 is 22.4 Å². The van der Waals surface area contributed by atoms with Crippen molar-refractivity contribution < 1.29 is 13.2 Å². The zero-order valence-corrected chi connectivity index (χ0v) is 17.5. The molecule has 1 saturated heterocycles. The highest BCUT2D eigenvalue weighted by Crippen LogP contribution is 2.36. The average Bonchev–Trinajstić information content (AvgIpc) is 3.09. The van der Waals surface area contributed by atoms with E-state index in [1.165, 1.54) is 0 Å². The van der Waals surface area contributed by atoms with Crippen molar-refractivity contribution in [3.8, 4) is 5.75 Å². The zero-order valence-electron chi connectivity index (χ0n) is 15.9. The molecule has 0 unspecified atom stereocenters. The molecule has 1 heterocycles. The van der Waals surface area contributed by atoms with Crippen molar-refractivity contribution in [1.82, 2.24) is 4.31 Å². The minimum atomic E-state index is -3.58. The summed E-state index contributed by atoms with van der Waals surface area (Å²) in [5.74, 6) is 0.937. The maximum Gasteiger partial charge on any atom is 0.243 e. The molecular weight excluding hydrogens is 384 g/mol. The molecule has 0 aliphatic carbocycles. The van der Waals surface area contributed by atoms with E-state index in [2.05, 4.69) is 0 Å². The van der Waals surface area contributed by atoms with Crippen LogP contribution in [0.25, 0.3) is 0 Å². The molecule has 1 fully saturated rings. The number of benzene rings is 2. The summed E-state index contributed by atoms with van der Waals surface area (Å²) in [6.45, 7) is 5.03. The van der Waals surface area contributed by atoms with E-state index in [0.29, 0.717) is 35.8 Å². The standard InChI is InChI=1S/C20H26N2O3S.ClH/c1-14-10-20(15(2)9-19(14)25-3)26(23,24)22-12-17(11-21)18(13-22)16-7-5-4-6-8-16;/h4-10,17-18H,11-13,21H2,1-3H3;1H/t17-,18+;/m1./s1. The monoisotopic (exact) mass is 410 g/mol. The molecule has 5 nitrogen and oxygen atoms in total. The smallest absolute Gasteiger partial charge is 0.243 e. The summed E-state index contributed by atoms with van der Waals surface area (Å²) >= 11 is 0. The Morgan fingerprint density at radius 3 is 2.37 bits per heavy atom. The summed E-state index contributed by atoms with van der Waals surface area (Å²) in [7, 11) is -1.99. The topological polar surface area (TPSA) is 72.6 Å². The Morgan fingerprint density at radius 1 is 1.11 bits per heavy atom. The first-order chi connectivity index (χ1) is 12.4. The van der Waals surface area contributed by atoms with E-state index in [-0.39, 0.29) is 24.2 Å². The second-order valence-electron chi connectivity index (χ2n) is 6.92. The Hall–Kier alpha value is -1.60. The van der Waals surface area contributed by atoms with Gasteiger partial charge in [0.25, 0.3) is 0 Å². The van der Waals surface area contributed by atoms with Crippen LogP contribution in [0.4, 0.5) is 0 Å². The predicted molar refractivity (Wildman–Crippen MR) is 110 cm³/mol. The Morgan fingerprint density at radius 2 is 1.78 bits per heavy atom. The molecule has 0 bridgehead atoms. The van der Waals surface area contributed by atoms with Gasteiger partial charge in [0.2, 0.25) is 10.0 Å². The minimum absolute atomic E-state index is 0. The van der Waals surface area contributed by atoms with E-state index in [1.54, 1.807) is 30.5 Å². The highest BCUT2D eigenvalue weighted by molar-refractivity contribution is 7.89. The van der Waals surface area contributed by atoms with Gasteiger partial charge in [-0.2, -0.15) is 4.31 Å². The lowest BCUT2D eigenvalue weighted by molar-refractivity contribution is 0.410. The van der Waals surface area contributed by atoms with Gasteiger partial charge in [-0.05, 0) is 55.1 Å². The summed E-state index contributed by atoms with van der Waals surface area (Å²) in [5.41, 5.74) is 8.61. The zero-order chi connectivity index (χ0) is 18.9. The van der Waals surface area contributed by atoms with Crippen LogP contribution in [0.5, 0.6) is 5.75 Å². The van der Waals surface area contributed by atoms with Crippen molar-refractivity contribution in [2.75, 3.05) is 26.7 Å². The number of methoxy groups -OCH3 is 1. The van der Waals surface area contributed by atoms with Crippen LogP contribution in [-0.4, -0.2) is 39.5 Å². The molecule has 0 spiro atoms.